The minimum Gasteiger partial charge on any atom is -0.469 e. The zero-order valence-corrected chi connectivity index (χ0v) is 14.2. The standard InChI is InChI=1S/C20H22O4/c1-12-10-16-14-7-5-4-6-13(14)8-9-15(16)17(11-18(21)23-2)19(12)20(22)24-3/h4-9,12,17,19H,10-11H2,1-3H3/t12-,17+,19+/m0/s1. The lowest BCUT2D eigenvalue weighted by Crippen LogP contribution is -2.36. The van der Waals surface area contributed by atoms with Gasteiger partial charge in [0, 0.05) is 5.92 Å². The highest BCUT2D eigenvalue weighted by Crippen LogP contribution is 2.44. The smallest absolute Gasteiger partial charge is 0.309 e. The van der Waals surface area contributed by atoms with Crippen LogP contribution in [0.25, 0.3) is 10.8 Å². The quantitative estimate of drug-likeness (QED) is 0.811. The summed E-state index contributed by atoms with van der Waals surface area (Å²) in [5.74, 6) is -1.00. The number of methoxy groups -OCH3 is 2. The van der Waals surface area contributed by atoms with Crippen LogP contribution in [0.3, 0.4) is 0 Å². The summed E-state index contributed by atoms with van der Waals surface area (Å²) >= 11 is 0. The molecular formula is C20H22O4. The highest BCUT2D eigenvalue weighted by atomic mass is 16.5. The average molecular weight is 326 g/mol. The minimum atomic E-state index is -0.331. The molecule has 24 heavy (non-hydrogen) atoms. The Balaban J connectivity index is 2.15. The molecule has 0 radical (unpaired) electrons. The van der Waals surface area contributed by atoms with Gasteiger partial charge in [0.1, 0.15) is 0 Å². The number of benzene rings is 2. The molecule has 1 aliphatic carbocycles. The van der Waals surface area contributed by atoms with Crippen molar-refractivity contribution in [3.63, 3.8) is 0 Å². The van der Waals surface area contributed by atoms with E-state index in [0.717, 1.165) is 12.0 Å². The van der Waals surface area contributed by atoms with Crippen molar-refractivity contribution in [1.82, 2.24) is 0 Å². The largest absolute Gasteiger partial charge is 0.469 e. The Hall–Kier alpha value is -2.36. The molecular weight excluding hydrogens is 304 g/mol. The van der Waals surface area contributed by atoms with Crippen LogP contribution < -0.4 is 0 Å². The lowest BCUT2D eigenvalue weighted by molar-refractivity contribution is -0.150. The van der Waals surface area contributed by atoms with Crippen LogP contribution in [0.15, 0.2) is 36.4 Å². The van der Waals surface area contributed by atoms with E-state index >= 15 is 0 Å². The van der Waals surface area contributed by atoms with Crippen molar-refractivity contribution >= 4 is 22.7 Å². The predicted octanol–water partition coefficient (Wildman–Crippen LogP) is 3.47. The van der Waals surface area contributed by atoms with Gasteiger partial charge < -0.3 is 9.47 Å². The maximum Gasteiger partial charge on any atom is 0.309 e. The van der Waals surface area contributed by atoms with Crippen LogP contribution in [-0.2, 0) is 25.5 Å². The maximum atomic E-state index is 12.4. The molecule has 0 spiro atoms. The number of hydrogen-bond acceptors (Lipinski definition) is 4. The van der Waals surface area contributed by atoms with Gasteiger partial charge in [0.2, 0.25) is 0 Å². The Kier molecular flexibility index (Phi) is 4.56. The summed E-state index contributed by atoms with van der Waals surface area (Å²) in [5, 5.41) is 2.37. The van der Waals surface area contributed by atoms with Crippen LogP contribution in [0.2, 0.25) is 0 Å². The van der Waals surface area contributed by atoms with Gasteiger partial charge in [0.15, 0.2) is 0 Å². The topological polar surface area (TPSA) is 52.6 Å². The molecule has 1 aliphatic rings. The van der Waals surface area contributed by atoms with Crippen molar-refractivity contribution in [2.24, 2.45) is 11.8 Å². The summed E-state index contributed by atoms with van der Waals surface area (Å²) in [6, 6.07) is 12.3. The van der Waals surface area contributed by atoms with Crippen molar-refractivity contribution in [3.8, 4) is 0 Å². The molecule has 0 aromatic heterocycles. The van der Waals surface area contributed by atoms with E-state index in [0.29, 0.717) is 0 Å². The van der Waals surface area contributed by atoms with Crippen molar-refractivity contribution in [2.45, 2.75) is 25.7 Å². The first-order chi connectivity index (χ1) is 11.6. The molecule has 0 saturated carbocycles. The van der Waals surface area contributed by atoms with Crippen molar-refractivity contribution in [2.75, 3.05) is 14.2 Å². The normalized spacial score (nSPS) is 22.7. The van der Waals surface area contributed by atoms with Gasteiger partial charge in [-0.2, -0.15) is 0 Å². The molecule has 4 heteroatoms. The molecule has 0 bridgehead atoms. The second-order valence-corrected chi connectivity index (χ2v) is 6.47. The molecule has 0 saturated heterocycles. The van der Waals surface area contributed by atoms with E-state index in [1.807, 2.05) is 18.2 Å². The number of esters is 2. The summed E-state index contributed by atoms with van der Waals surface area (Å²) in [6.07, 6.45) is 0.986. The fraction of sp³-hybridized carbons (Fsp3) is 0.400. The summed E-state index contributed by atoms with van der Waals surface area (Å²) in [5.41, 5.74) is 2.29. The van der Waals surface area contributed by atoms with Crippen LogP contribution in [0, 0.1) is 11.8 Å². The summed E-state index contributed by atoms with van der Waals surface area (Å²) in [7, 11) is 2.78. The van der Waals surface area contributed by atoms with Crippen molar-refractivity contribution in [3.05, 3.63) is 47.5 Å². The van der Waals surface area contributed by atoms with Gasteiger partial charge in [0.05, 0.1) is 26.6 Å². The Bertz CT molecular complexity index is 780. The minimum absolute atomic E-state index is 0.102. The average Bonchev–Trinajstić information content (AvgIpc) is 2.60. The third-order valence-electron chi connectivity index (χ3n) is 5.14. The number of fused-ring (bicyclic) bond motifs is 3. The molecule has 0 unspecified atom stereocenters. The molecule has 0 aliphatic heterocycles. The van der Waals surface area contributed by atoms with Gasteiger partial charge in [-0.1, -0.05) is 43.3 Å². The Labute approximate surface area is 141 Å². The zero-order chi connectivity index (χ0) is 17.3. The number of carbonyl (C=O) groups is 2. The number of hydrogen-bond donors (Lipinski definition) is 0. The molecule has 4 nitrogen and oxygen atoms in total. The van der Waals surface area contributed by atoms with Gasteiger partial charge in [-0.25, -0.2) is 0 Å². The lowest BCUT2D eigenvalue weighted by Gasteiger charge is -2.36. The van der Waals surface area contributed by atoms with E-state index in [1.165, 1.54) is 30.6 Å². The first-order valence-electron chi connectivity index (χ1n) is 8.22. The first-order valence-corrected chi connectivity index (χ1v) is 8.22. The Morgan fingerprint density at radius 1 is 1.08 bits per heavy atom. The van der Waals surface area contributed by atoms with E-state index in [4.69, 9.17) is 9.47 Å². The molecule has 0 amide bonds. The van der Waals surface area contributed by atoms with Gasteiger partial charge in [0.25, 0.3) is 0 Å². The lowest BCUT2D eigenvalue weighted by atomic mass is 9.67. The molecule has 2 aromatic rings. The Morgan fingerprint density at radius 2 is 1.83 bits per heavy atom. The van der Waals surface area contributed by atoms with Gasteiger partial charge >= 0.3 is 11.9 Å². The van der Waals surface area contributed by atoms with E-state index in [-0.39, 0.29) is 36.1 Å². The highest BCUT2D eigenvalue weighted by molar-refractivity contribution is 5.88. The summed E-state index contributed by atoms with van der Waals surface area (Å²) < 4.78 is 9.88. The fourth-order valence-electron chi connectivity index (χ4n) is 4.00. The molecule has 3 atom stereocenters. The van der Waals surface area contributed by atoms with Gasteiger partial charge in [-0.05, 0) is 34.2 Å². The van der Waals surface area contributed by atoms with Crippen LogP contribution >= 0.6 is 0 Å². The van der Waals surface area contributed by atoms with Crippen LogP contribution in [0.1, 0.15) is 30.4 Å². The number of carbonyl (C=O) groups excluding carboxylic acids is 2. The van der Waals surface area contributed by atoms with E-state index in [9.17, 15) is 9.59 Å². The van der Waals surface area contributed by atoms with Crippen molar-refractivity contribution < 1.29 is 19.1 Å². The van der Waals surface area contributed by atoms with Crippen LogP contribution in [0.5, 0.6) is 0 Å². The van der Waals surface area contributed by atoms with Crippen molar-refractivity contribution in [1.29, 1.82) is 0 Å². The number of ether oxygens (including phenoxy) is 2. The van der Waals surface area contributed by atoms with E-state index < -0.39 is 0 Å². The second-order valence-electron chi connectivity index (χ2n) is 6.47. The zero-order valence-electron chi connectivity index (χ0n) is 14.2. The van der Waals surface area contributed by atoms with E-state index in [2.05, 4.69) is 25.1 Å². The summed E-state index contributed by atoms with van der Waals surface area (Å²) in [6.45, 7) is 2.05. The van der Waals surface area contributed by atoms with Crippen LogP contribution in [0.4, 0.5) is 0 Å². The third kappa shape index (κ3) is 2.77. The molecule has 0 fully saturated rings. The third-order valence-corrected chi connectivity index (χ3v) is 5.14. The van der Waals surface area contributed by atoms with E-state index in [1.54, 1.807) is 0 Å². The Morgan fingerprint density at radius 3 is 2.54 bits per heavy atom. The first kappa shape index (κ1) is 16.5. The number of rotatable bonds is 3. The highest BCUT2D eigenvalue weighted by Gasteiger charge is 2.41. The SMILES string of the molecule is COC(=O)C[C@@H]1c2ccc3ccccc3c2C[C@H](C)[C@H]1C(=O)OC. The fourth-order valence-corrected chi connectivity index (χ4v) is 4.00. The molecule has 0 N–H and O–H groups in total. The monoisotopic (exact) mass is 326 g/mol. The molecule has 3 rings (SSSR count). The second kappa shape index (κ2) is 6.63. The van der Waals surface area contributed by atoms with Gasteiger partial charge in [-0.15, -0.1) is 0 Å². The molecule has 0 heterocycles. The predicted molar refractivity (Wildman–Crippen MR) is 91.7 cm³/mol. The van der Waals surface area contributed by atoms with Gasteiger partial charge in [-0.3, -0.25) is 9.59 Å². The summed E-state index contributed by atoms with van der Waals surface area (Å²) in [4.78, 5) is 24.3. The maximum absolute atomic E-state index is 12.4. The molecule has 126 valence electrons. The molecule has 2 aromatic carbocycles. The van der Waals surface area contributed by atoms with Crippen LogP contribution in [-0.4, -0.2) is 26.2 Å².